The fourth-order valence-corrected chi connectivity index (χ4v) is 4.29. The highest BCUT2D eigenvalue weighted by Crippen LogP contribution is 2.20. The second-order valence-electron chi connectivity index (χ2n) is 8.22. The minimum atomic E-state index is -0.768. The molecule has 180 valence electrons. The summed E-state index contributed by atoms with van der Waals surface area (Å²) in [6.07, 6.45) is 0.333. The van der Waals surface area contributed by atoms with Crippen LogP contribution in [0.15, 0.2) is 89.4 Å². The molecule has 4 aromatic rings. The minimum Gasteiger partial charge on any atom is -0.357 e. The predicted molar refractivity (Wildman–Crippen MR) is 141 cm³/mol. The summed E-state index contributed by atoms with van der Waals surface area (Å²) in [4.78, 5) is 26.1. The third-order valence-corrected chi connectivity index (χ3v) is 6.19. The van der Waals surface area contributed by atoms with Gasteiger partial charge in [-0.1, -0.05) is 70.5 Å². The van der Waals surface area contributed by atoms with Crippen LogP contribution in [0.25, 0.3) is 11.3 Å². The zero-order chi connectivity index (χ0) is 25.5. The second-order valence-corrected chi connectivity index (χ2v) is 9.14. The Labute approximate surface area is 217 Å². The molecule has 0 bridgehead atoms. The van der Waals surface area contributed by atoms with Gasteiger partial charge in [0.15, 0.2) is 0 Å². The van der Waals surface area contributed by atoms with E-state index >= 15 is 0 Å². The topological polar surface area (TPSA) is 99.8 Å². The molecule has 0 radical (unpaired) electrons. The molecule has 8 heteroatoms. The highest BCUT2D eigenvalue weighted by Gasteiger charge is 2.24. The predicted octanol–water partition coefficient (Wildman–Crippen LogP) is 4.32. The lowest BCUT2D eigenvalue weighted by molar-refractivity contribution is -0.122. The molecule has 2 N–H and O–H groups in total. The molecule has 0 aliphatic carbocycles. The van der Waals surface area contributed by atoms with Gasteiger partial charge in [0.05, 0.1) is 23.9 Å². The van der Waals surface area contributed by atoms with Crippen LogP contribution in [-0.4, -0.2) is 34.7 Å². The van der Waals surface area contributed by atoms with Gasteiger partial charge in [0.1, 0.15) is 11.7 Å². The zero-order valence-corrected chi connectivity index (χ0v) is 21.2. The standard InChI is InChI=1S/C28H24BrN5O2/c1-31-27(35)25(15-21-6-5-9-23(29)14-21)32-28(36)26-16-24(22-7-3-2-4-8-22)33-34(26)18-20-12-10-19(17-30)11-13-20/h2-14,16,25H,15,18H2,1H3,(H,31,35)(H,32,36)/t25-/m0/s1. The summed E-state index contributed by atoms with van der Waals surface area (Å²) in [6, 6.07) is 27.4. The van der Waals surface area contributed by atoms with E-state index in [1.165, 1.54) is 0 Å². The van der Waals surface area contributed by atoms with Crippen molar-refractivity contribution in [3.63, 3.8) is 0 Å². The van der Waals surface area contributed by atoms with Crippen LogP contribution in [-0.2, 0) is 17.8 Å². The molecule has 0 aliphatic rings. The first-order valence-corrected chi connectivity index (χ1v) is 12.2. The van der Waals surface area contributed by atoms with Crippen LogP contribution >= 0.6 is 15.9 Å². The fourth-order valence-electron chi connectivity index (χ4n) is 3.84. The van der Waals surface area contributed by atoms with Crippen LogP contribution in [0.4, 0.5) is 0 Å². The van der Waals surface area contributed by atoms with Gasteiger partial charge in [-0.2, -0.15) is 10.4 Å². The molecule has 1 heterocycles. The van der Waals surface area contributed by atoms with Crippen molar-refractivity contribution in [2.45, 2.75) is 19.0 Å². The molecule has 2 amide bonds. The number of hydrogen-bond acceptors (Lipinski definition) is 4. The zero-order valence-electron chi connectivity index (χ0n) is 19.6. The van der Waals surface area contributed by atoms with Gasteiger partial charge in [-0.05, 0) is 41.5 Å². The maximum Gasteiger partial charge on any atom is 0.270 e. The number of rotatable bonds is 8. The van der Waals surface area contributed by atoms with Crippen molar-refractivity contribution in [2.24, 2.45) is 0 Å². The number of hydrogen-bond donors (Lipinski definition) is 2. The minimum absolute atomic E-state index is 0.287. The van der Waals surface area contributed by atoms with Crippen molar-refractivity contribution >= 4 is 27.7 Å². The molecule has 0 unspecified atom stereocenters. The normalized spacial score (nSPS) is 11.4. The number of nitrogens with zero attached hydrogens (tertiary/aromatic N) is 3. The summed E-state index contributed by atoms with van der Waals surface area (Å²) < 4.78 is 2.52. The van der Waals surface area contributed by atoms with Gasteiger partial charge in [-0.15, -0.1) is 0 Å². The van der Waals surface area contributed by atoms with E-state index in [1.807, 2.05) is 66.7 Å². The Morgan fingerprint density at radius 1 is 1.00 bits per heavy atom. The number of carbonyl (C=O) groups is 2. The molecule has 0 aliphatic heterocycles. The van der Waals surface area contributed by atoms with Crippen LogP contribution < -0.4 is 10.6 Å². The summed E-state index contributed by atoms with van der Waals surface area (Å²) >= 11 is 3.45. The third-order valence-electron chi connectivity index (χ3n) is 5.69. The van der Waals surface area contributed by atoms with E-state index < -0.39 is 11.9 Å². The fraction of sp³-hybridized carbons (Fsp3) is 0.143. The Hall–Kier alpha value is -4.22. The summed E-state index contributed by atoms with van der Waals surface area (Å²) in [5.74, 6) is -0.688. The quantitative estimate of drug-likeness (QED) is 0.347. The SMILES string of the molecule is CNC(=O)[C@H](Cc1cccc(Br)c1)NC(=O)c1cc(-c2ccccc2)nn1Cc1ccc(C#N)cc1. The smallest absolute Gasteiger partial charge is 0.270 e. The first-order chi connectivity index (χ1) is 17.5. The van der Waals surface area contributed by atoms with Crippen molar-refractivity contribution in [3.8, 4) is 17.3 Å². The van der Waals surface area contributed by atoms with E-state index in [2.05, 4.69) is 32.6 Å². The largest absolute Gasteiger partial charge is 0.357 e. The molecular formula is C28H24BrN5O2. The second kappa shape index (κ2) is 11.5. The summed E-state index contributed by atoms with van der Waals surface area (Å²) in [7, 11) is 1.55. The Kier molecular flexibility index (Phi) is 7.93. The molecule has 7 nitrogen and oxygen atoms in total. The van der Waals surface area contributed by atoms with E-state index in [0.717, 1.165) is 21.2 Å². The van der Waals surface area contributed by atoms with Crippen molar-refractivity contribution in [1.82, 2.24) is 20.4 Å². The lowest BCUT2D eigenvalue weighted by Gasteiger charge is -2.18. The van der Waals surface area contributed by atoms with Crippen LogP contribution in [0.5, 0.6) is 0 Å². The highest BCUT2D eigenvalue weighted by atomic mass is 79.9. The Balaban J connectivity index is 1.65. The van der Waals surface area contributed by atoms with Gasteiger partial charge in [0, 0.05) is 23.5 Å². The molecule has 3 aromatic carbocycles. The lowest BCUT2D eigenvalue weighted by Crippen LogP contribution is -2.47. The van der Waals surface area contributed by atoms with Gasteiger partial charge in [0.2, 0.25) is 5.91 Å². The Morgan fingerprint density at radius 2 is 1.75 bits per heavy atom. The van der Waals surface area contributed by atoms with E-state index in [1.54, 1.807) is 29.9 Å². The molecule has 0 saturated heterocycles. The van der Waals surface area contributed by atoms with Crippen molar-refractivity contribution in [2.75, 3.05) is 7.05 Å². The Morgan fingerprint density at radius 3 is 2.42 bits per heavy atom. The molecule has 0 fully saturated rings. The number of carbonyl (C=O) groups excluding carboxylic acids is 2. The van der Waals surface area contributed by atoms with Gasteiger partial charge in [0.25, 0.3) is 5.91 Å². The monoisotopic (exact) mass is 541 g/mol. The number of nitrogens with one attached hydrogen (secondary N) is 2. The van der Waals surface area contributed by atoms with Crippen LogP contribution in [0.1, 0.15) is 27.2 Å². The van der Waals surface area contributed by atoms with E-state index in [-0.39, 0.29) is 5.91 Å². The van der Waals surface area contributed by atoms with Crippen LogP contribution in [0, 0.1) is 11.3 Å². The molecule has 1 atom stereocenters. The molecule has 1 aromatic heterocycles. The first-order valence-electron chi connectivity index (χ1n) is 11.4. The summed E-state index contributed by atoms with van der Waals surface area (Å²) in [5, 5.41) is 19.3. The van der Waals surface area contributed by atoms with Crippen molar-refractivity contribution in [3.05, 3.63) is 112 Å². The summed E-state index contributed by atoms with van der Waals surface area (Å²) in [5.41, 5.74) is 4.22. The van der Waals surface area contributed by atoms with Crippen molar-refractivity contribution in [1.29, 1.82) is 5.26 Å². The maximum atomic E-state index is 13.5. The van der Waals surface area contributed by atoms with Gasteiger partial charge >= 0.3 is 0 Å². The van der Waals surface area contributed by atoms with E-state index in [0.29, 0.717) is 29.9 Å². The van der Waals surface area contributed by atoms with Crippen molar-refractivity contribution < 1.29 is 9.59 Å². The molecule has 0 saturated carbocycles. The van der Waals surface area contributed by atoms with Gasteiger partial charge in [-0.3, -0.25) is 14.3 Å². The third kappa shape index (κ3) is 6.06. The number of amides is 2. The number of benzene rings is 3. The summed E-state index contributed by atoms with van der Waals surface area (Å²) in [6.45, 7) is 0.331. The number of likely N-dealkylation sites (N-methyl/N-ethyl adjacent to an activating group) is 1. The van der Waals surface area contributed by atoms with Gasteiger partial charge in [-0.25, -0.2) is 0 Å². The lowest BCUT2D eigenvalue weighted by atomic mass is 10.0. The number of aromatic nitrogens is 2. The maximum absolute atomic E-state index is 13.5. The first kappa shape index (κ1) is 24.9. The average molecular weight is 542 g/mol. The number of halogens is 1. The van der Waals surface area contributed by atoms with E-state index in [9.17, 15) is 9.59 Å². The van der Waals surface area contributed by atoms with Crippen LogP contribution in [0.2, 0.25) is 0 Å². The molecular weight excluding hydrogens is 518 g/mol. The van der Waals surface area contributed by atoms with Crippen LogP contribution in [0.3, 0.4) is 0 Å². The molecule has 36 heavy (non-hydrogen) atoms. The molecule has 4 rings (SSSR count). The van der Waals surface area contributed by atoms with Gasteiger partial charge < -0.3 is 10.6 Å². The average Bonchev–Trinajstić information content (AvgIpc) is 3.32. The molecule has 0 spiro atoms. The number of nitriles is 1. The van der Waals surface area contributed by atoms with E-state index in [4.69, 9.17) is 10.4 Å². The Bertz CT molecular complexity index is 1410. The highest BCUT2D eigenvalue weighted by molar-refractivity contribution is 9.10.